The van der Waals surface area contributed by atoms with E-state index in [2.05, 4.69) is 25.8 Å². The van der Waals surface area contributed by atoms with Gasteiger partial charge in [-0.15, -0.1) is 0 Å². The minimum Gasteiger partial charge on any atom is -0.495 e. The van der Waals surface area contributed by atoms with Crippen LogP contribution in [0.4, 0.5) is 0 Å². The fourth-order valence-electron chi connectivity index (χ4n) is 1.44. The van der Waals surface area contributed by atoms with Crippen LogP contribution in [0.25, 0.3) is 0 Å². The molecular weight excluding hydrogens is 336 g/mol. The van der Waals surface area contributed by atoms with E-state index in [0.29, 0.717) is 10.2 Å². The van der Waals surface area contributed by atoms with Crippen LogP contribution in [0.5, 0.6) is 5.75 Å². The van der Waals surface area contributed by atoms with E-state index in [-0.39, 0.29) is 17.2 Å². The van der Waals surface area contributed by atoms with Gasteiger partial charge in [0.05, 0.1) is 19.9 Å². The van der Waals surface area contributed by atoms with Crippen LogP contribution in [0.2, 0.25) is 0 Å². The second kappa shape index (κ2) is 5.72. The molecule has 2 aromatic rings. The summed E-state index contributed by atoms with van der Waals surface area (Å²) in [7, 11) is -2.28. The first kappa shape index (κ1) is 14.0. The van der Waals surface area contributed by atoms with E-state index < -0.39 is 10.0 Å². The Labute approximate surface area is 118 Å². The number of halogens is 1. The van der Waals surface area contributed by atoms with Crippen molar-refractivity contribution < 1.29 is 17.7 Å². The van der Waals surface area contributed by atoms with Crippen molar-refractivity contribution in [2.75, 3.05) is 7.11 Å². The fourth-order valence-corrected chi connectivity index (χ4v) is 3.14. The summed E-state index contributed by atoms with van der Waals surface area (Å²) in [5.41, 5.74) is 0. The highest BCUT2D eigenvalue weighted by Gasteiger charge is 2.20. The van der Waals surface area contributed by atoms with E-state index >= 15 is 0 Å². The Bertz CT molecular complexity index is 655. The minimum absolute atomic E-state index is 0.0258. The summed E-state index contributed by atoms with van der Waals surface area (Å²) in [5.74, 6) is 0.700. The standard InChI is InChI=1S/C11H11BrN2O4S/c1-17-10-3-2-8(12)6-11(10)19(15,16)14-7-9-4-5-13-18-9/h2-6,14H,7H2,1H3. The smallest absolute Gasteiger partial charge is 0.244 e. The molecule has 0 atom stereocenters. The van der Waals surface area contributed by atoms with Crippen LogP contribution in [0.3, 0.4) is 0 Å². The van der Waals surface area contributed by atoms with Crippen molar-refractivity contribution in [3.63, 3.8) is 0 Å². The number of aromatic nitrogens is 1. The van der Waals surface area contributed by atoms with Gasteiger partial charge < -0.3 is 9.26 Å². The summed E-state index contributed by atoms with van der Waals surface area (Å²) in [6.07, 6.45) is 1.45. The van der Waals surface area contributed by atoms with E-state index in [1.807, 2.05) is 0 Å². The van der Waals surface area contributed by atoms with Crippen LogP contribution in [0.1, 0.15) is 5.76 Å². The van der Waals surface area contributed by atoms with E-state index in [4.69, 9.17) is 9.26 Å². The first-order valence-electron chi connectivity index (χ1n) is 5.25. The quantitative estimate of drug-likeness (QED) is 0.894. The summed E-state index contributed by atoms with van der Waals surface area (Å²) in [6, 6.07) is 6.34. The van der Waals surface area contributed by atoms with E-state index in [0.717, 1.165) is 0 Å². The Kier molecular flexibility index (Phi) is 4.23. The van der Waals surface area contributed by atoms with Crippen molar-refractivity contribution in [2.45, 2.75) is 11.4 Å². The lowest BCUT2D eigenvalue weighted by Crippen LogP contribution is -2.23. The highest BCUT2D eigenvalue weighted by molar-refractivity contribution is 9.10. The molecule has 0 aliphatic rings. The molecule has 0 amide bonds. The maximum absolute atomic E-state index is 12.2. The number of ether oxygens (including phenoxy) is 1. The van der Waals surface area contributed by atoms with E-state index in [9.17, 15) is 8.42 Å². The fraction of sp³-hybridized carbons (Fsp3) is 0.182. The number of nitrogens with one attached hydrogen (secondary N) is 1. The van der Waals surface area contributed by atoms with Gasteiger partial charge in [0, 0.05) is 10.5 Å². The van der Waals surface area contributed by atoms with Gasteiger partial charge in [-0.1, -0.05) is 21.1 Å². The van der Waals surface area contributed by atoms with Crippen molar-refractivity contribution in [3.8, 4) is 5.75 Å². The zero-order valence-electron chi connectivity index (χ0n) is 9.96. The van der Waals surface area contributed by atoms with Crippen LogP contribution < -0.4 is 9.46 Å². The third-order valence-corrected chi connectivity index (χ3v) is 4.26. The maximum atomic E-state index is 12.2. The van der Waals surface area contributed by atoms with Gasteiger partial charge in [-0.25, -0.2) is 13.1 Å². The molecule has 0 unspecified atom stereocenters. The number of nitrogens with zero attached hydrogens (tertiary/aromatic N) is 1. The molecule has 102 valence electrons. The summed E-state index contributed by atoms with van der Waals surface area (Å²) < 4.78 is 37.3. The molecular formula is C11H11BrN2O4S. The van der Waals surface area contributed by atoms with Crippen molar-refractivity contribution in [3.05, 3.63) is 40.7 Å². The Morgan fingerprint density at radius 3 is 2.84 bits per heavy atom. The average molecular weight is 347 g/mol. The average Bonchev–Trinajstić information content (AvgIpc) is 2.89. The third kappa shape index (κ3) is 3.34. The molecule has 6 nitrogen and oxygen atoms in total. The molecule has 0 spiro atoms. The highest BCUT2D eigenvalue weighted by Crippen LogP contribution is 2.27. The van der Waals surface area contributed by atoms with Crippen molar-refractivity contribution in [2.24, 2.45) is 0 Å². The minimum atomic E-state index is -3.69. The number of hydrogen-bond acceptors (Lipinski definition) is 5. The first-order chi connectivity index (χ1) is 9.03. The number of sulfonamides is 1. The number of benzene rings is 1. The van der Waals surface area contributed by atoms with Gasteiger partial charge in [0.2, 0.25) is 10.0 Å². The summed E-state index contributed by atoms with van der Waals surface area (Å²) >= 11 is 3.23. The zero-order valence-corrected chi connectivity index (χ0v) is 12.4. The number of rotatable bonds is 5. The Morgan fingerprint density at radius 1 is 1.42 bits per heavy atom. The second-order valence-electron chi connectivity index (χ2n) is 3.60. The molecule has 1 heterocycles. The summed E-state index contributed by atoms with van der Waals surface area (Å²) in [6.45, 7) is 0.0258. The van der Waals surface area contributed by atoms with Crippen LogP contribution in [0.15, 0.2) is 44.4 Å². The zero-order chi connectivity index (χ0) is 13.9. The van der Waals surface area contributed by atoms with Gasteiger partial charge >= 0.3 is 0 Å². The summed E-state index contributed by atoms with van der Waals surface area (Å²) in [5, 5.41) is 3.50. The lowest BCUT2D eigenvalue weighted by atomic mass is 10.3. The predicted octanol–water partition coefficient (Wildman–Crippen LogP) is 1.92. The highest BCUT2D eigenvalue weighted by atomic mass is 79.9. The topological polar surface area (TPSA) is 81.4 Å². The molecule has 0 aliphatic carbocycles. The van der Waals surface area contributed by atoms with E-state index in [1.165, 1.54) is 19.4 Å². The van der Waals surface area contributed by atoms with Gasteiger partial charge in [0.25, 0.3) is 0 Å². The van der Waals surface area contributed by atoms with Gasteiger partial charge in [-0.2, -0.15) is 0 Å². The predicted molar refractivity (Wildman–Crippen MR) is 71.2 cm³/mol. The van der Waals surface area contributed by atoms with Gasteiger partial charge in [0.1, 0.15) is 10.6 Å². The van der Waals surface area contributed by atoms with Crippen LogP contribution in [-0.2, 0) is 16.6 Å². The SMILES string of the molecule is COc1ccc(Br)cc1S(=O)(=O)NCc1ccno1. The largest absolute Gasteiger partial charge is 0.495 e. The lowest BCUT2D eigenvalue weighted by molar-refractivity contribution is 0.379. The normalized spacial score (nSPS) is 11.5. The van der Waals surface area contributed by atoms with Crippen LogP contribution >= 0.6 is 15.9 Å². The van der Waals surface area contributed by atoms with Crippen LogP contribution in [-0.4, -0.2) is 20.7 Å². The monoisotopic (exact) mass is 346 g/mol. The van der Waals surface area contributed by atoms with Crippen LogP contribution in [0, 0.1) is 0 Å². The van der Waals surface area contributed by atoms with E-state index in [1.54, 1.807) is 18.2 Å². The first-order valence-corrected chi connectivity index (χ1v) is 7.53. The Hall–Kier alpha value is -1.38. The molecule has 0 aliphatic heterocycles. The molecule has 1 N–H and O–H groups in total. The lowest BCUT2D eigenvalue weighted by Gasteiger charge is -2.10. The van der Waals surface area contributed by atoms with Gasteiger partial charge in [0.15, 0.2) is 5.76 Å². The second-order valence-corrected chi connectivity index (χ2v) is 6.25. The summed E-state index contributed by atoms with van der Waals surface area (Å²) in [4.78, 5) is 0.0592. The Morgan fingerprint density at radius 2 is 2.21 bits per heavy atom. The third-order valence-electron chi connectivity index (χ3n) is 2.34. The van der Waals surface area contributed by atoms with Gasteiger partial charge in [-0.05, 0) is 18.2 Å². The number of methoxy groups -OCH3 is 1. The molecule has 0 saturated carbocycles. The Balaban J connectivity index is 2.26. The molecule has 19 heavy (non-hydrogen) atoms. The maximum Gasteiger partial charge on any atom is 0.244 e. The molecule has 1 aromatic heterocycles. The van der Waals surface area contributed by atoms with Crippen molar-refractivity contribution >= 4 is 26.0 Å². The molecule has 1 aromatic carbocycles. The van der Waals surface area contributed by atoms with Gasteiger partial charge in [-0.3, -0.25) is 0 Å². The number of hydrogen-bond donors (Lipinski definition) is 1. The molecule has 0 fully saturated rings. The molecule has 0 bridgehead atoms. The van der Waals surface area contributed by atoms with Crippen molar-refractivity contribution in [1.29, 1.82) is 0 Å². The molecule has 0 saturated heterocycles. The van der Waals surface area contributed by atoms with Crippen molar-refractivity contribution in [1.82, 2.24) is 9.88 Å². The molecule has 0 radical (unpaired) electrons. The molecule has 8 heteroatoms. The molecule has 2 rings (SSSR count).